The number of hydrogen-bond donors (Lipinski definition) is 1. The lowest BCUT2D eigenvalue weighted by molar-refractivity contribution is -0.274. The fourth-order valence-corrected chi connectivity index (χ4v) is 2.74. The summed E-state index contributed by atoms with van der Waals surface area (Å²) in [5, 5.41) is 10.7. The summed E-state index contributed by atoms with van der Waals surface area (Å²) < 4.78 is 46.1. The number of aryl methyl sites for hydroxylation is 2. The minimum Gasteiger partial charge on any atom is -0.421 e. The van der Waals surface area contributed by atoms with E-state index in [1.165, 1.54) is 24.3 Å². The lowest BCUT2D eigenvalue weighted by Gasteiger charge is -2.15. The Morgan fingerprint density at radius 1 is 1.10 bits per heavy atom. The fraction of sp³-hybridized carbons (Fsp3) is 0.286. The molecule has 1 N–H and O–H groups in total. The Morgan fingerprint density at radius 3 is 2.40 bits per heavy atom. The maximum atomic E-state index is 12.2. The molecule has 2 aromatic carbocycles. The Balaban J connectivity index is 1.50. The highest BCUT2D eigenvalue weighted by Gasteiger charge is 2.31. The molecule has 3 rings (SSSR count). The lowest BCUT2D eigenvalue weighted by Crippen LogP contribution is -2.26. The number of nitrogens with zero attached hydrogens (tertiary/aromatic N) is 2. The minimum atomic E-state index is -4.74. The monoisotopic (exact) mass is 419 g/mol. The highest BCUT2D eigenvalue weighted by Crippen LogP contribution is 2.24. The number of amides is 1. The zero-order chi connectivity index (χ0) is 21.7. The number of nitrogens with one attached hydrogen (secondary N) is 1. The first-order valence-corrected chi connectivity index (χ1v) is 9.24. The molecule has 0 radical (unpaired) electrons. The molecule has 0 aliphatic rings. The van der Waals surface area contributed by atoms with E-state index in [2.05, 4.69) is 20.3 Å². The molecule has 0 saturated carbocycles. The summed E-state index contributed by atoms with van der Waals surface area (Å²) in [6.45, 7) is 3.72. The minimum absolute atomic E-state index is 0.134. The van der Waals surface area contributed by atoms with Crippen molar-refractivity contribution >= 4 is 5.91 Å². The van der Waals surface area contributed by atoms with Crippen LogP contribution in [0.25, 0.3) is 11.5 Å². The van der Waals surface area contributed by atoms with Gasteiger partial charge in [0.05, 0.1) is 6.04 Å². The summed E-state index contributed by atoms with van der Waals surface area (Å²) in [4.78, 5) is 12.2. The van der Waals surface area contributed by atoms with Gasteiger partial charge in [-0.05, 0) is 43.7 Å². The van der Waals surface area contributed by atoms with E-state index in [1.54, 1.807) is 6.92 Å². The van der Waals surface area contributed by atoms with E-state index in [1.807, 2.05) is 31.2 Å². The molecule has 0 aliphatic heterocycles. The number of rotatable bonds is 7. The fourth-order valence-electron chi connectivity index (χ4n) is 2.74. The van der Waals surface area contributed by atoms with E-state index in [4.69, 9.17) is 4.42 Å². The molecule has 0 aliphatic carbocycles. The first kappa shape index (κ1) is 21.4. The van der Waals surface area contributed by atoms with Crippen LogP contribution in [0.1, 0.15) is 36.4 Å². The van der Waals surface area contributed by atoms with Gasteiger partial charge in [-0.3, -0.25) is 4.79 Å². The van der Waals surface area contributed by atoms with Gasteiger partial charge < -0.3 is 14.5 Å². The molecule has 30 heavy (non-hydrogen) atoms. The number of carbonyl (C=O) groups is 1. The van der Waals surface area contributed by atoms with E-state index in [0.717, 1.165) is 11.1 Å². The number of carbonyl (C=O) groups excluding carboxylic acids is 1. The van der Waals surface area contributed by atoms with Crippen molar-refractivity contribution in [3.8, 4) is 17.2 Å². The molecule has 1 unspecified atom stereocenters. The van der Waals surface area contributed by atoms with Crippen LogP contribution in [-0.2, 0) is 11.2 Å². The van der Waals surface area contributed by atoms with Gasteiger partial charge in [0.2, 0.25) is 17.7 Å². The second-order valence-corrected chi connectivity index (χ2v) is 6.77. The number of alkyl halides is 3. The van der Waals surface area contributed by atoms with Gasteiger partial charge in [0, 0.05) is 18.4 Å². The average Bonchev–Trinajstić information content (AvgIpc) is 3.15. The third kappa shape index (κ3) is 6.07. The number of halogens is 3. The molecule has 158 valence electrons. The third-order valence-electron chi connectivity index (χ3n) is 4.32. The van der Waals surface area contributed by atoms with Crippen LogP contribution in [0, 0.1) is 6.92 Å². The van der Waals surface area contributed by atoms with Gasteiger partial charge in [0.15, 0.2) is 0 Å². The molecule has 3 aromatic rings. The number of aromatic nitrogens is 2. The molecule has 0 saturated heterocycles. The van der Waals surface area contributed by atoms with Crippen LogP contribution < -0.4 is 10.1 Å². The molecule has 0 fully saturated rings. The molecule has 1 heterocycles. The third-order valence-corrected chi connectivity index (χ3v) is 4.32. The predicted molar refractivity (Wildman–Crippen MR) is 102 cm³/mol. The molecule has 1 aromatic heterocycles. The number of benzene rings is 2. The van der Waals surface area contributed by atoms with Gasteiger partial charge in [-0.2, -0.15) is 0 Å². The summed E-state index contributed by atoms with van der Waals surface area (Å²) in [5.74, 6) is 0.181. The van der Waals surface area contributed by atoms with Crippen molar-refractivity contribution in [2.75, 3.05) is 0 Å². The Labute approximate surface area is 171 Å². The van der Waals surface area contributed by atoms with Gasteiger partial charge in [0.25, 0.3) is 0 Å². The van der Waals surface area contributed by atoms with Crippen molar-refractivity contribution < 1.29 is 27.1 Å². The molecular formula is C21H20F3N3O3. The van der Waals surface area contributed by atoms with Crippen molar-refractivity contribution in [1.82, 2.24) is 15.5 Å². The normalized spacial score (nSPS) is 12.4. The SMILES string of the molecule is Cc1ccc(-c2nnc(CCC(=O)NC(C)c3ccc(OC(F)(F)F)cc3)o2)cc1. The maximum absolute atomic E-state index is 12.2. The number of hydrogen-bond acceptors (Lipinski definition) is 5. The van der Waals surface area contributed by atoms with Gasteiger partial charge in [0.1, 0.15) is 5.75 Å². The quantitative estimate of drug-likeness (QED) is 0.598. The summed E-state index contributed by atoms with van der Waals surface area (Å²) in [5.41, 5.74) is 2.57. The molecule has 0 bridgehead atoms. The summed E-state index contributed by atoms with van der Waals surface area (Å²) >= 11 is 0. The van der Waals surface area contributed by atoms with Crippen molar-refractivity contribution in [2.45, 2.75) is 39.1 Å². The topological polar surface area (TPSA) is 77.2 Å². The smallest absolute Gasteiger partial charge is 0.421 e. The summed E-state index contributed by atoms with van der Waals surface area (Å²) in [6.07, 6.45) is -4.33. The number of ether oxygens (including phenoxy) is 1. The Morgan fingerprint density at radius 2 is 1.77 bits per heavy atom. The Hall–Kier alpha value is -3.36. The first-order chi connectivity index (χ1) is 14.2. The molecule has 1 atom stereocenters. The van der Waals surface area contributed by atoms with Gasteiger partial charge in [-0.15, -0.1) is 23.4 Å². The predicted octanol–water partition coefficient (Wildman–Crippen LogP) is 4.75. The van der Waals surface area contributed by atoms with E-state index in [9.17, 15) is 18.0 Å². The van der Waals surface area contributed by atoms with E-state index in [0.29, 0.717) is 17.3 Å². The molecule has 6 nitrogen and oxygen atoms in total. The van der Waals surface area contributed by atoms with Crippen LogP contribution >= 0.6 is 0 Å². The van der Waals surface area contributed by atoms with E-state index < -0.39 is 6.36 Å². The van der Waals surface area contributed by atoms with Crippen LogP contribution in [0.5, 0.6) is 5.75 Å². The van der Waals surface area contributed by atoms with Crippen LogP contribution in [0.4, 0.5) is 13.2 Å². The maximum Gasteiger partial charge on any atom is 0.573 e. The van der Waals surface area contributed by atoms with Crippen LogP contribution in [0.2, 0.25) is 0 Å². The van der Waals surface area contributed by atoms with Crippen molar-refractivity contribution in [3.05, 3.63) is 65.5 Å². The first-order valence-electron chi connectivity index (χ1n) is 9.24. The second-order valence-electron chi connectivity index (χ2n) is 6.77. The van der Waals surface area contributed by atoms with Gasteiger partial charge >= 0.3 is 6.36 Å². The lowest BCUT2D eigenvalue weighted by atomic mass is 10.1. The van der Waals surface area contributed by atoms with Crippen LogP contribution in [-0.4, -0.2) is 22.5 Å². The highest BCUT2D eigenvalue weighted by atomic mass is 19.4. The molecule has 9 heteroatoms. The highest BCUT2D eigenvalue weighted by molar-refractivity contribution is 5.76. The van der Waals surface area contributed by atoms with Crippen molar-refractivity contribution in [3.63, 3.8) is 0 Å². The van der Waals surface area contributed by atoms with E-state index in [-0.39, 0.29) is 30.5 Å². The summed E-state index contributed by atoms with van der Waals surface area (Å²) in [6, 6.07) is 12.6. The molecular weight excluding hydrogens is 399 g/mol. The van der Waals surface area contributed by atoms with Gasteiger partial charge in [-0.25, -0.2) is 0 Å². The largest absolute Gasteiger partial charge is 0.573 e. The van der Waals surface area contributed by atoms with Crippen LogP contribution in [0.15, 0.2) is 52.9 Å². The second kappa shape index (κ2) is 8.98. The van der Waals surface area contributed by atoms with Crippen molar-refractivity contribution in [2.24, 2.45) is 0 Å². The Bertz CT molecular complexity index is 983. The zero-order valence-corrected chi connectivity index (χ0v) is 16.4. The molecule has 1 amide bonds. The van der Waals surface area contributed by atoms with E-state index >= 15 is 0 Å². The Kier molecular flexibility index (Phi) is 6.39. The van der Waals surface area contributed by atoms with Crippen molar-refractivity contribution in [1.29, 1.82) is 0 Å². The summed E-state index contributed by atoms with van der Waals surface area (Å²) in [7, 11) is 0. The standard InChI is InChI=1S/C21H20F3N3O3/c1-13-3-5-16(6-4-13)20-27-26-19(29-20)12-11-18(28)25-14(2)15-7-9-17(10-8-15)30-21(22,23)24/h3-10,14H,11-12H2,1-2H3,(H,25,28). The van der Waals surface area contributed by atoms with Gasteiger partial charge in [-0.1, -0.05) is 29.8 Å². The average molecular weight is 419 g/mol. The molecule has 0 spiro atoms. The zero-order valence-electron chi connectivity index (χ0n) is 16.4. The van der Waals surface area contributed by atoms with Crippen LogP contribution in [0.3, 0.4) is 0 Å².